The number of nitrogens with one attached hydrogen (secondary N) is 1. The lowest BCUT2D eigenvalue weighted by Gasteiger charge is -2.34. The van der Waals surface area contributed by atoms with Crippen LogP contribution in [-0.4, -0.2) is 45.8 Å². The van der Waals surface area contributed by atoms with Crippen LogP contribution < -0.4 is 14.4 Å². The van der Waals surface area contributed by atoms with Gasteiger partial charge in [-0.2, -0.15) is 0 Å². The highest BCUT2D eigenvalue weighted by Crippen LogP contribution is 2.36. The van der Waals surface area contributed by atoms with E-state index in [9.17, 15) is 18.0 Å². The fourth-order valence-corrected chi connectivity index (χ4v) is 3.91. The number of para-hydroxylation sites is 1. The van der Waals surface area contributed by atoms with Crippen molar-refractivity contribution < 1.29 is 27.5 Å². The molecular weight excluding hydrogens is 396 g/mol. The van der Waals surface area contributed by atoms with Gasteiger partial charge < -0.3 is 14.8 Å². The van der Waals surface area contributed by atoms with Crippen LogP contribution in [0.2, 0.25) is 0 Å². The fourth-order valence-electron chi connectivity index (χ4n) is 3.00. The predicted molar refractivity (Wildman–Crippen MR) is 109 cm³/mol. The maximum atomic E-state index is 12.8. The largest absolute Gasteiger partial charge is 0.476 e. The van der Waals surface area contributed by atoms with Crippen molar-refractivity contribution in [3.05, 3.63) is 53.6 Å². The van der Waals surface area contributed by atoms with Gasteiger partial charge in [-0.3, -0.25) is 9.10 Å². The molecular formula is C20H22N2O6S. The zero-order chi connectivity index (χ0) is 21.2. The number of aryl methyl sites for hydroxylation is 1. The van der Waals surface area contributed by atoms with Crippen LogP contribution in [0.25, 0.3) is 0 Å². The number of nitrogens with zero attached hydrogens (tertiary/aromatic N) is 1. The quantitative estimate of drug-likeness (QED) is 0.748. The van der Waals surface area contributed by atoms with E-state index in [4.69, 9.17) is 9.47 Å². The third-order valence-corrected chi connectivity index (χ3v) is 5.50. The maximum Gasteiger partial charge on any atom is 0.340 e. The minimum Gasteiger partial charge on any atom is -0.476 e. The average Bonchev–Trinajstić information content (AvgIpc) is 2.67. The molecule has 1 unspecified atom stereocenters. The Bertz CT molecular complexity index is 1050. The molecule has 0 saturated heterocycles. The van der Waals surface area contributed by atoms with Crippen molar-refractivity contribution in [3.8, 4) is 5.75 Å². The topological polar surface area (TPSA) is 102 Å². The van der Waals surface area contributed by atoms with Crippen LogP contribution in [0, 0.1) is 6.92 Å². The Morgan fingerprint density at radius 3 is 2.66 bits per heavy atom. The summed E-state index contributed by atoms with van der Waals surface area (Å²) in [6, 6.07) is 11.5. The van der Waals surface area contributed by atoms with E-state index in [1.165, 1.54) is 6.07 Å². The molecule has 0 bridgehead atoms. The molecule has 1 N–H and O–H groups in total. The van der Waals surface area contributed by atoms with Gasteiger partial charge in [0.25, 0.3) is 5.91 Å². The molecule has 154 valence electrons. The number of anilines is 2. The number of esters is 1. The summed E-state index contributed by atoms with van der Waals surface area (Å²) in [5, 5.41) is 2.65. The van der Waals surface area contributed by atoms with Gasteiger partial charge in [-0.15, -0.1) is 0 Å². The lowest BCUT2D eigenvalue weighted by molar-refractivity contribution is -0.122. The third-order valence-electron chi connectivity index (χ3n) is 4.36. The second-order valence-electron chi connectivity index (χ2n) is 6.63. The summed E-state index contributed by atoms with van der Waals surface area (Å²) in [6.07, 6.45) is -0.00897. The van der Waals surface area contributed by atoms with E-state index in [0.29, 0.717) is 11.4 Å². The van der Waals surface area contributed by atoms with Crippen molar-refractivity contribution in [1.29, 1.82) is 0 Å². The van der Waals surface area contributed by atoms with Crippen molar-refractivity contribution in [1.82, 2.24) is 0 Å². The normalized spacial score (nSPS) is 15.8. The van der Waals surface area contributed by atoms with Crippen molar-refractivity contribution in [2.45, 2.75) is 20.0 Å². The molecule has 3 rings (SSSR count). The van der Waals surface area contributed by atoms with Gasteiger partial charge in [0.1, 0.15) is 5.75 Å². The summed E-state index contributed by atoms with van der Waals surface area (Å²) in [5.74, 6) is -0.834. The molecule has 0 radical (unpaired) electrons. The highest BCUT2D eigenvalue weighted by molar-refractivity contribution is 7.92. The molecule has 1 heterocycles. The molecule has 9 heteroatoms. The third kappa shape index (κ3) is 4.51. The smallest absolute Gasteiger partial charge is 0.340 e. The summed E-state index contributed by atoms with van der Waals surface area (Å²) in [5.41, 5.74) is 1.73. The van der Waals surface area contributed by atoms with Gasteiger partial charge >= 0.3 is 5.97 Å². The highest BCUT2D eigenvalue weighted by Gasteiger charge is 2.35. The minimum atomic E-state index is -3.63. The number of benzene rings is 2. The van der Waals surface area contributed by atoms with Crippen LogP contribution in [-0.2, 0) is 19.6 Å². The van der Waals surface area contributed by atoms with E-state index in [2.05, 4.69) is 5.32 Å². The zero-order valence-corrected chi connectivity index (χ0v) is 17.2. The second-order valence-corrected chi connectivity index (χ2v) is 8.53. The van der Waals surface area contributed by atoms with Crippen LogP contribution in [0.1, 0.15) is 22.8 Å². The Morgan fingerprint density at radius 1 is 1.24 bits per heavy atom. The Morgan fingerprint density at radius 2 is 1.97 bits per heavy atom. The molecule has 2 aromatic rings. The summed E-state index contributed by atoms with van der Waals surface area (Å²) in [6.45, 7) is 3.55. The van der Waals surface area contributed by atoms with Gasteiger partial charge in [-0.25, -0.2) is 13.2 Å². The summed E-state index contributed by atoms with van der Waals surface area (Å²) in [4.78, 5) is 24.9. The first-order chi connectivity index (χ1) is 13.7. The summed E-state index contributed by atoms with van der Waals surface area (Å²) >= 11 is 0. The van der Waals surface area contributed by atoms with Gasteiger partial charge in [0.15, 0.2) is 6.10 Å². The number of carbonyl (C=O) groups excluding carboxylic acids is 2. The Labute approximate surface area is 169 Å². The van der Waals surface area contributed by atoms with Crippen LogP contribution >= 0.6 is 0 Å². The number of rotatable bonds is 5. The Kier molecular flexibility index (Phi) is 5.78. The number of ether oxygens (including phenoxy) is 2. The monoisotopic (exact) mass is 418 g/mol. The van der Waals surface area contributed by atoms with E-state index >= 15 is 0 Å². The molecule has 29 heavy (non-hydrogen) atoms. The van der Waals surface area contributed by atoms with Gasteiger partial charge in [0.2, 0.25) is 10.0 Å². The first-order valence-corrected chi connectivity index (χ1v) is 10.9. The number of hydrogen-bond donors (Lipinski definition) is 1. The summed E-state index contributed by atoms with van der Waals surface area (Å²) in [7, 11) is -3.63. The molecule has 1 amide bonds. The molecule has 1 aliphatic heterocycles. The van der Waals surface area contributed by atoms with Gasteiger partial charge in [0, 0.05) is 0 Å². The summed E-state index contributed by atoms with van der Waals surface area (Å²) < 4.78 is 36.5. The van der Waals surface area contributed by atoms with Crippen LogP contribution in [0.3, 0.4) is 0 Å². The van der Waals surface area contributed by atoms with Crippen LogP contribution in [0.15, 0.2) is 42.5 Å². The molecule has 0 aromatic heterocycles. The van der Waals surface area contributed by atoms with Crippen molar-refractivity contribution >= 4 is 33.3 Å². The van der Waals surface area contributed by atoms with Gasteiger partial charge in [-0.1, -0.05) is 18.2 Å². The maximum absolute atomic E-state index is 12.8. The first kappa shape index (κ1) is 20.7. The molecule has 8 nitrogen and oxygen atoms in total. The van der Waals surface area contributed by atoms with E-state index in [0.717, 1.165) is 16.1 Å². The van der Waals surface area contributed by atoms with E-state index in [-0.39, 0.29) is 24.4 Å². The second kappa shape index (κ2) is 8.12. The van der Waals surface area contributed by atoms with Crippen LogP contribution in [0.5, 0.6) is 5.75 Å². The SMILES string of the molecule is CCOC(=O)c1ccccc1NC(=O)C1CN(S(C)(=O)=O)c2cc(C)ccc2O1. The first-order valence-electron chi connectivity index (χ1n) is 9.02. The number of hydrogen-bond acceptors (Lipinski definition) is 6. The Balaban J connectivity index is 1.88. The standard InChI is InChI=1S/C20H22N2O6S/c1-4-27-20(24)14-7-5-6-8-15(14)21-19(23)18-12-22(29(3,25)26)16-11-13(2)9-10-17(16)28-18/h5-11,18H,4,12H2,1-3H3,(H,21,23). The lowest BCUT2D eigenvalue weighted by atomic mass is 10.1. The zero-order valence-electron chi connectivity index (χ0n) is 16.3. The van der Waals surface area contributed by atoms with E-state index in [1.54, 1.807) is 43.3 Å². The van der Waals surface area contributed by atoms with Crippen molar-refractivity contribution in [2.24, 2.45) is 0 Å². The Hall–Kier alpha value is -3.07. The lowest BCUT2D eigenvalue weighted by Crippen LogP contribution is -2.48. The molecule has 2 aromatic carbocycles. The highest BCUT2D eigenvalue weighted by atomic mass is 32.2. The molecule has 0 spiro atoms. The predicted octanol–water partition coefficient (Wildman–Crippen LogP) is 2.34. The van der Waals surface area contributed by atoms with Gasteiger partial charge in [0.05, 0.1) is 36.3 Å². The van der Waals surface area contributed by atoms with E-state index < -0.39 is 28.0 Å². The number of fused-ring (bicyclic) bond motifs is 1. The number of amides is 1. The van der Waals surface area contributed by atoms with Crippen LogP contribution in [0.4, 0.5) is 11.4 Å². The van der Waals surface area contributed by atoms with E-state index in [1.807, 2.05) is 6.92 Å². The minimum absolute atomic E-state index is 0.178. The molecule has 0 saturated carbocycles. The van der Waals surface area contributed by atoms with Crippen molar-refractivity contribution in [2.75, 3.05) is 29.0 Å². The fraction of sp³-hybridized carbons (Fsp3) is 0.300. The molecule has 1 atom stereocenters. The number of sulfonamides is 1. The molecule has 0 aliphatic carbocycles. The van der Waals surface area contributed by atoms with Crippen molar-refractivity contribution in [3.63, 3.8) is 0 Å². The number of carbonyl (C=O) groups is 2. The average molecular weight is 418 g/mol. The van der Waals surface area contributed by atoms with Gasteiger partial charge in [-0.05, 0) is 43.7 Å². The molecule has 1 aliphatic rings. The molecule has 0 fully saturated rings.